The molecule has 0 aliphatic carbocycles. The summed E-state index contributed by atoms with van der Waals surface area (Å²) >= 11 is 0. The lowest BCUT2D eigenvalue weighted by Crippen LogP contribution is -2.46. The monoisotopic (exact) mass is 360 g/mol. The van der Waals surface area contributed by atoms with Crippen molar-refractivity contribution >= 4 is 11.8 Å². The fourth-order valence-corrected chi connectivity index (χ4v) is 3.76. The summed E-state index contributed by atoms with van der Waals surface area (Å²) in [5.41, 5.74) is 1.73. The summed E-state index contributed by atoms with van der Waals surface area (Å²) in [5, 5.41) is 9.39. The first kappa shape index (κ1) is 18.9. The van der Waals surface area contributed by atoms with Crippen LogP contribution in [0.2, 0.25) is 0 Å². The predicted molar refractivity (Wildman–Crippen MR) is 97.8 cm³/mol. The van der Waals surface area contributed by atoms with Crippen LogP contribution in [0, 0.1) is 18.8 Å². The number of amides is 2. The van der Waals surface area contributed by atoms with Gasteiger partial charge in [-0.1, -0.05) is 18.2 Å². The Labute approximate surface area is 154 Å². The molecule has 2 amide bonds. The lowest BCUT2D eigenvalue weighted by atomic mass is 9.94. The molecule has 2 heterocycles. The first-order chi connectivity index (χ1) is 12.6. The Morgan fingerprint density at radius 2 is 1.88 bits per heavy atom. The Kier molecular flexibility index (Phi) is 6.27. The molecule has 1 aromatic rings. The molecule has 2 fully saturated rings. The third-order valence-corrected chi connectivity index (χ3v) is 5.41. The molecular weight excluding hydrogens is 332 g/mol. The van der Waals surface area contributed by atoms with Gasteiger partial charge in [-0.2, -0.15) is 0 Å². The zero-order chi connectivity index (χ0) is 18.5. The highest BCUT2D eigenvalue weighted by atomic mass is 16.5. The quantitative estimate of drug-likeness (QED) is 0.882. The van der Waals surface area contributed by atoms with Crippen LogP contribution in [-0.4, -0.2) is 72.7 Å². The number of carbonyl (C=O) groups is 2. The number of ether oxygens (including phenoxy) is 1. The lowest BCUT2D eigenvalue weighted by molar-refractivity contribution is -0.137. The Morgan fingerprint density at radius 1 is 1.15 bits per heavy atom. The molecule has 0 aromatic heterocycles. The van der Waals surface area contributed by atoms with Gasteiger partial charge in [0.1, 0.15) is 0 Å². The van der Waals surface area contributed by atoms with E-state index in [4.69, 9.17) is 4.74 Å². The van der Waals surface area contributed by atoms with E-state index < -0.39 is 0 Å². The van der Waals surface area contributed by atoms with Crippen LogP contribution in [-0.2, 0) is 9.53 Å². The standard InChI is InChI=1S/C20H28N2O4/c1-15-4-2-3-5-18(15)20(25)21-8-6-17(7-9-21)19(24)22-10-11-26-14-16(12-22)13-23/h2-5,16-17,23H,6-14H2,1H3/t16-/m0/s1. The molecular formula is C20H28N2O4. The number of likely N-dealkylation sites (tertiary alicyclic amines) is 1. The molecule has 0 radical (unpaired) electrons. The van der Waals surface area contributed by atoms with Gasteiger partial charge in [0.2, 0.25) is 5.91 Å². The molecule has 6 nitrogen and oxygen atoms in total. The van der Waals surface area contributed by atoms with E-state index in [1.165, 1.54) is 0 Å². The Hall–Kier alpha value is -1.92. The van der Waals surface area contributed by atoms with E-state index in [1.54, 1.807) is 0 Å². The number of carbonyl (C=O) groups excluding carboxylic acids is 2. The minimum absolute atomic E-state index is 0.0100. The molecule has 142 valence electrons. The minimum atomic E-state index is -0.0478. The van der Waals surface area contributed by atoms with Crippen molar-refractivity contribution in [1.82, 2.24) is 9.80 Å². The maximum absolute atomic E-state index is 12.9. The van der Waals surface area contributed by atoms with Crippen LogP contribution in [0.1, 0.15) is 28.8 Å². The summed E-state index contributed by atoms with van der Waals surface area (Å²) in [5.74, 6) is 0.131. The molecule has 0 spiro atoms. The van der Waals surface area contributed by atoms with Gasteiger partial charge in [-0.05, 0) is 31.4 Å². The number of rotatable bonds is 3. The Bertz CT molecular complexity index is 640. The van der Waals surface area contributed by atoms with Crippen LogP contribution in [0.25, 0.3) is 0 Å². The summed E-state index contributed by atoms with van der Waals surface area (Å²) < 4.78 is 5.47. The van der Waals surface area contributed by atoms with E-state index in [2.05, 4.69) is 0 Å². The minimum Gasteiger partial charge on any atom is -0.396 e. The predicted octanol–water partition coefficient (Wildman–Crippen LogP) is 1.31. The second kappa shape index (κ2) is 8.64. The van der Waals surface area contributed by atoms with Gasteiger partial charge in [-0.25, -0.2) is 0 Å². The smallest absolute Gasteiger partial charge is 0.254 e. The largest absolute Gasteiger partial charge is 0.396 e. The molecule has 0 bridgehead atoms. The molecule has 2 saturated heterocycles. The van der Waals surface area contributed by atoms with E-state index in [1.807, 2.05) is 41.0 Å². The number of hydrogen-bond acceptors (Lipinski definition) is 4. The summed E-state index contributed by atoms with van der Waals surface area (Å²) in [7, 11) is 0. The third-order valence-electron chi connectivity index (χ3n) is 5.41. The molecule has 1 aromatic carbocycles. The fourth-order valence-electron chi connectivity index (χ4n) is 3.76. The zero-order valence-electron chi connectivity index (χ0n) is 15.4. The molecule has 6 heteroatoms. The molecule has 1 N–H and O–H groups in total. The van der Waals surface area contributed by atoms with Crippen molar-refractivity contribution in [3.8, 4) is 0 Å². The zero-order valence-corrected chi connectivity index (χ0v) is 15.4. The van der Waals surface area contributed by atoms with Gasteiger partial charge >= 0.3 is 0 Å². The van der Waals surface area contributed by atoms with Gasteiger partial charge in [0.25, 0.3) is 5.91 Å². The van der Waals surface area contributed by atoms with Crippen LogP contribution in [0.15, 0.2) is 24.3 Å². The third kappa shape index (κ3) is 4.24. The summed E-state index contributed by atoms with van der Waals surface area (Å²) in [6.07, 6.45) is 1.38. The summed E-state index contributed by atoms with van der Waals surface area (Å²) in [6.45, 7) is 5.36. The molecule has 26 heavy (non-hydrogen) atoms. The van der Waals surface area contributed by atoms with Crippen molar-refractivity contribution in [3.05, 3.63) is 35.4 Å². The number of piperidine rings is 1. The highest BCUT2D eigenvalue weighted by Gasteiger charge is 2.32. The number of aryl methyl sites for hydroxylation is 1. The molecule has 0 unspecified atom stereocenters. The van der Waals surface area contributed by atoms with Crippen molar-refractivity contribution < 1.29 is 19.4 Å². The Morgan fingerprint density at radius 3 is 2.58 bits per heavy atom. The van der Waals surface area contributed by atoms with Gasteiger partial charge < -0.3 is 19.6 Å². The fraction of sp³-hybridized carbons (Fsp3) is 0.600. The van der Waals surface area contributed by atoms with Crippen LogP contribution in [0.4, 0.5) is 0 Å². The van der Waals surface area contributed by atoms with Gasteiger partial charge in [0.05, 0.1) is 13.2 Å². The van der Waals surface area contributed by atoms with Crippen LogP contribution < -0.4 is 0 Å². The normalized spacial score (nSPS) is 22.2. The number of nitrogens with zero attached hydrogens (tertiary/aromatic N) is 2. The Balaban J connectivity index is 1.57. The molecule has 3 rings (SSSR count). The first-order valence-electron chi connectivity index (χ1n) is 9.42. The lowest BCUT2D eigenvalue weighted by Gasteiger charge is -2.34. The molecule has 1 atom stereocenters. The van der Waals surface area contributed by atoms with Gasteiger partial charge in [0, 0.05) is 50.2 Å². The topological polar surface area (TPSA) is 70.1 Å². The van der Waals surface area contributed by atoms with E-state index >= 15 is 0 Å². The van der Waals surface area contributed by atoms with Gasteiger partial charge in [-0.3, -0.25) is 9.59 Å². The summed E-state index contributed by atoms with van der Waals surface area (Å²) in [4.78, 5) is 29.3. The summed E-state index contributed by atoms with van der Waals surface area (Å²) in [6, 6.07) is 7.63. The van der Waals surface area contributed by atoms with Crippen molar-refractivity contribution in [2.24, 2.45) is 11.8 Å². The number of aliphatic hydroxyl groups is 1. The van der Waals surface area contributed by atoms with Crippen LogP contribution >= 0.6 is 0 Å². The number of aliphatic hydroxyl groups excluding tert-OH is 1. The first-order valence-corrected chi connectivity index (χ1v) is 9.42. The number of hydrogen-bond donors (Lipinski definition) is 1. The highest BCUT2D eigenvalue weighted by molar-refractivity contribution is 5.95. The van der Waals surface area contributed by atoms with Crippen LogP contribution in [0.5, 0.6) is 0 Å². The van der Waals surface area contributed by atoms with Gasteiger partial charge in [0.15, 0.2) is 0 Å². The van der Waals surface area contributed by atoms with Crippen molar-refractivity contribution in [2.75, 3.05) is 46.0 Å². The average molecular weight is 360 g/mol. The molecule has 2 aliphatic heterocycles. The number of benzene rings is 1. The van der Waals surface area contributed by atoms with E-state index in [0.717, 1.165) is 11.1 Å². The SMILES string of the molecule is Cc1ccccc1C(=O)N1CCC(C(=O)N2CCOC[C@H](CO)C2)CC1. The van der Waals surface area contributed by atoms with Crippen molar-refractivity contribution in [1.29, 1.82) is 0 Å². The maximum atomic E-state index is 12.9. The molecule has 0 saturated carbocycles. The average Bonchev–Trinajstić information content (AvgIpc) is 2.93. The van der Waals surface area contributed by atoms with Crippen molar-refractivity contribution in [3.63, 3.8) is 0 Å². The van der Waals surface area contributed by atoms with E-state index in [9.17, 15) is 14.7 Å². The van der Waals surface area contributed by atoms with Gasteiger partial charge in [-0.15, -0.1) is 0 Å². The second-order valence-corrected chi connectivity index (χ2v) is 7.29. The van der Waals surface area contributed by atoms with Crippen LogP contribution in [0.3, 0.4) is 0 Å². The highest BCUT2D eigenvalue weighted by Crippen LogP contribution is 2.23. The van der Waals surface area contributed by atoms with E-state index in [-0.39, 0.29) is 30.3 Å². The maximum Gasteiger partial charge on any atom is 0.254 e. The second-order valence-electron chi connectivity index (χ2n) is 7.29. The van der Waals surface area contributed by atoms with E-state index in [0.29, 0.717) is 52.2 Å². The molecule has 2 aliphatic rings. The van der Waals surface area contributed by atoms with Crippen molar-refractivity contribution in [2.45, 2.75) is 19.8 Å².